The summed E-state index contributed by atoms with van der Waals surface area (Å²) < 4.78 is 3.33. The summed E-state index contributed by atoms with van der Waals surface area (Å²) in [6, 6.07) is 17.8. The summed E-state index contributed by atoms with van der Waals surface area (Å²) >= 11 is 1.71. The fourth-order valence-corrected chi connectivity index (χ4v) is 3.73. The van der Waals surface area contributed by atoms with Crippen molar-refractivity contribution in [2.24, 2.45) is 7.05 Å². The summed E-state index contributed by atoms with van der Waals surface area (Å²) in [6.07, 6.45) is 2.05. The maximum absolute atomic E-state index is 12.9. The lowest BCUT2D eigenvalue weighted by molar-refractivity contribution is -0.885. The molecule has 6 nitrogen and oxygen atoms in total. The van der Waals surface area contributed by atoms with Gasteiger partial charge in [0.2, 0.25) is 0 Å². The van der Waals surface area contributed by atoms with Crippen LogP contribution in [0.15, 0.2) is 64.3 Å². The van der Waals surface area contributed by atoms with Crippen LogP contribution < -0.4 is 15.8 Å². The Morgan fingerprint density at radius 3 is 2.38 bits per heavy atom. The van der Waals surface area contributed by atoms with Crippen LogP contribution in [0.4, 0.5) is 5.69 Å². The number of aromatic nitrogens is 2. The van der Waals surface area contributed by atoms with E-state index < -0.39 is 0 Å². The molecule has 3 rings (SSSR count). The predicted octanol–water partition coefficient (Wildman–Crippen LogP) is 1.86. The monoisotopic (exact) mass is 411 g/mol. The largest absolute Gasteiger partial charge is 0.326 e. The molecule has 152 valence electrons. The smallest absolute Gasteiger partial charge is 0.295 e. The Hall–Kier alpha value is -2.77. The van der Waals surface area contributed by atoms with Crippen LogP contribution in [-0.2, 0) is 18.4 Å². The maximum Gasteiger partial charge on any atom is 0.295 e. The van der Waals surface area contributed by atoms with Crippen LogP contribution in [0.1, 0.15) is 11.3 Å². The van der Waals surface area contributed by atoms with Crippen LogP contribution in [0.2, 0.25) is 0 Å². The molecule has 0 aliphatic rings. The van der Waals surface area contributed by atoms with Crippen LogP contribution >= 0.6 is 11.8 Å². The predicted molar refractivity (Wildman–Crippen MR) is 118 cm³/mol. The summed E-state index contributed by atoms with van der Waals surface area (Å²) in [4.78, 5) is 27.8. The molecule has 2 aromatic carbocycles. The zero-order valence-corrected chi connectivity index (χ0v) is 18.0. The minimum absolute atomic E-state index is 0.172. The Morgan fingerprint density at radius 2 is 1.76 bits per heavy atom. The third-order valence-corrected chi connectivity index (χ3v) is 5.69. The Kier molecular flexibility index (Phi) is 6.61. The van der Waals surface area contributed by atoms with Crippen molar-refractivity contribution >= 4 is 23.4 Å². The summed E-state index contributed by atoms with van der Waals surface area (Å²) in [5, 5.41) is 2.83. The minimum Gasteiger partial charge on any atom is -0.326 e. The number of nitrogens with one attached hydrogen (secondary N) is 2. The van der Waals surface area contributed by atoms with E-state index in [9.17, 15) is 9.59 Å². The number of anilines is 1. The van der Waals surface area contributed by atoms with E-state index in [1.54, 1.807) is 21.1 Å². The molecule has 1 aromatic heterocycles. The van der Waals surface area contributed by atoms with Gasteiger partial charge in [0.1, 0.15) is 12.2 Å². The van der Waals surface area contributed by atoms with Gasteiger partial charge >= 0.3 is 0 Å². The van der Waals surface area contributed by atoms with Crippen molar-refractivity contribution in [1.82, 2.24) is 9.36 Å². The molecule has 2 N–H and O–H groups in total. The molecule has 1 atom stereocenters. The first-order chi connectivity index (χ1) is 13.9. The number of nitrogens with zero attached hydrogens (tertiary/aromatic N) is 2. The molecule has 0 aliphatic heterocycles. The Bertz CT molecular complexity index is 1040. The molecular weight excluding hydrogens is 384 g/mol. The molecule has 0 saturated carbocycles. The lowest BCUT2D eigenvalue weighted by Crippen LogP contribution is -3.08. The average Bonchev–Trinajstić information content (AvgIpc) is 2.92. The van der Waals surface area contributed by atoms with E-state index in [-0.39, 0.29) is 18.0 Å². The molecular formula is C22H27N4O2S+. The van der Waals surface area contributed by atoms with Gasteiger partial charge in [-0.3, -0.25) is 14.3 Å². The molecule has 0 aliphatic carbocycles. The van der Waals surface area contributed by atoms with E-state index >= 15 is 0 Å². The van der Waals surface area contributed by atoms with Crippen molar-refractivity contribution in [2.75, 3.05) is 25.2 Å². The van der Waals surface area contributed by atoms with Crippen molar-refractivity contribution < 1.29 is 9.69 Å². The summed E-state index contributed by atoms with van der Waals surface area (Å²) in [5.74, 6) is -0.172. The number of para-hydroxylation sites is 1. The van der Waals surface area contributed by atoms with Crippen LogP contribution in [0, 0.1) is 6.92 Å². The number of quaternary nitrogens is 1. The van der Waals surface area contributed by atoms with Crippen LogP contribution in [0.25, 0.3) is 5.69 Å². The Labute approximate surface area is 175 Å². The topological polar surface area (TPSA) is 60.5 Å². The number of hydrogen-bond donors (Lipinski definition) is 2. The quantitative estimate of drug-likeness (QED) is 0.584. The number of rotatable bonds is 7. The van der Waals surface area contributed by atoms with E-state index in [0.29, 0.717) is 5.69 Å². The second-order valence-corrected chi connectivity index (χ2v) is 8.02. The molecule has 0 fully saturated rings. The number of amides is 1. The Balaban J connectivity index is 1.69. The van der Waals surface area contributed by atoms with Gasteiger partial charge in [-0.2, -0.15) is 0 Å². The molecule has 0 spiro atoms. The van der Waals surface area contributed by atoms with Gasteiger partial charge in [-0.1, -0.05) is 30.3 Å². The van der Waals surface area contributed by atoms with Crippen molar-refractivity contribution in [3.63, 3.8) is 0 Å². The first kappa shape index (κ1) is 21.0. The number of hydrogen-bond acceptors (Lipinski definition) is 3. The van der Waals surface area contributed by atoms with Crippen molar-refractivity contribution in [3.05, 3.63) is 76.2 Å². The third-order valence-electron chi connectivity index (χ3n) is 4.95. The molecule has 7 heteroatoms. The molecule has 29 heavy (non-hydrogen) atoms. The van der Waals surface area contributed by atoms with Gasteiger partial charge in [-0.15, -0.1) is 11.8 Å². The van der Waals surface area contributed by atoms with Crippen LogP contribution in [0.5, 0.6) is 0 Å². The van der Waals surface area contributed by atoms with Crippen LogP contribution in [0.3, 0.4) is 0 Å². The first-order valence-electron chi connectivity index (χ1n) is 9.48. The maximum atomic E-state index is 12.9. The highest BCUT2D eigenvalue weighted by molar-refractivity contribution is 7.98. The molecule has 0 saturated heterocycles. The summed E-state index contributed by atoms with van der Waals surface area (Å²) in [5.41, 5.74) is 2.77. The van der Waals surface area contributed by atoms with Crippen molar-refractivity contribution in [1.29, 1.82) is 0 Å². The highest BCUT2D eigenvalue weighted by Crippen LogP contribution is 2.15. The molecule has 0 radical (unpaired) electrons. The molecule has 1 amide bonds. The van der Waals surface area contributed by atoms with Gasteiger partial charge in [-0.05, 0) is 37.4 Å². The molecule has 0 bridgehead atoms. The second kappa shape index (κ2) is 9.15. The number of carbonyl (C=O) groups is 1. The fraction of sp³-hybridized carbons (Fsp3) is 0.273. The number of carbonyl (C=O) groups excluding carboxylic acids is 1. The normalized spacial score (nSPS) is 12.0. The second-order valence-electron chi connectivity index (χ2n) is 7.14. The van der Waals surface area contributed by atoms with Gasteiger partial charge in [0.05, 0.1) is 18.4 Å². The van der Waals surface area contributed by atoms with Crippen LogP contribution in [-0.4, -0.2) is 35.1 Å². The van der Waals surface area contributed by atoms with E-state index in [1.165, 1.54) is 10.5 Å². The Morgan fingerprint density at radius 1 is 1.10 bits per heavy atom. The van der Waals surface area contributed by atoms with Gasteiger partial charge < -0.3 is 10.2 Å². The van der Waals surface area contributed by atoms with Gasteiger partial charge in [0, 0.05) is 17.5 Å². The zero-order chi connectivity index (χ0) is 21.0. The van der Waals surface area contributed by atoms with Gasteiger partial charge in [-0.25, -0.2) is 4.68 Å². The molecule has 1 unspecified atom stereocenters. The van der Waals surface area contributed by atoms with Crippen molar-refractivity contribution in [3.8, 4) is 5.69 Å². The lowest BCUT2D eigenvalue weighted by Gasteiger charge is -2.14. The third kappa shape index (κ3) is 4.81. The minimum atomic E-state index is -0.227. The van der Waals surface area contributed by atoms with E-state index in [2.05, 4.69) is 29.6 Å². The first-order valence-corrected chi connectivity index (χ1v) is 10.7. The summed E-state index contributed by atoms with van der Waals surface area (Å²) in [7, 11) is 3.79. The molecule has 3 aromatic rings. The number of likely N-dealkylation sites (N-methyl/N-ethyl adjacent to an activating group) is 1. The van der Waals surface area contributed by atoms with E-state index in [4.69, 9.17) is 0 Å². The number of thioether (sulfide) groups is 1. The highest BCUT2D eigenvalue weighted by Gasteiger charge is 2.19. The SMILES string of the molecule is CSc1ccc(C[NH+](C)CC(=O)Nc2c(C)n(C)n(-c3ccccc3)c2=O)cc1. The van der Waals surface area contributed by atoms with Crippen molar-refractivity contribution in [2.45, 2.75) is 18.4 Å². The fourth-order valence-electron chi connectivity index (χ4n) is 3.32. The van der Waals surface area contributed by atoms with Gasteiger partial charge in [0.25, 0.3) is 11.5 Å². The van der Waals surface area contributed by atoms with Gasteiger partial charge in [0.15, 0.2) is 6.54 Å². The highest BCUT2D eigenvalue weighted by atomic mass is 32.2. The average molecular weight is 412 g/mol. The van der Waals surface area contributed by atoms with E-state index in [0.717, 1.165) is 22.8 Å². The lowest BCUT2D eigenvalue weighted by atomic mass is 10.2. The molecule has 1 heterocycles. The zero-order valence-electron chi connectivity index (χ0n) is 17.2. The number of benzene rings is 2. The summed E-state index contributed by atoms with van der Waals surface area (Å²) in [6.45, 7) is 2.85. The van der Waals surface area contributed by atoms with E-state index in [1.807, 2.05) is 57.6 Å². The standard InChI is InChI=1S/C22H26N4O2S/c1-16-21(22(28)26(25(16)3)18-8-6-5-7-9-18)23-20(27)15-24(2)14-17-10-12-19(29-4)13-11-17/h5-13H,14-15H2,1-4H3,(H,23,27)/p+1.